The second-order valence-corrected chi connectivity index (χ2v) is 3.72. The fraction of sp³-hybridized carbons (Fsp3) is 0.0833. The summed E-state index contributed by atoms with van der Waals surface area (Å²) in [5.74, 6) is 1.50. The first-order chi connectivity index (χ1) is 9.36. The van der Waals surface area contributed by atoms with Gasteiger partial charge in [-0.1, -0.05) is 0 Å². The van der Waals surface area contributed by atoms with Gasteiger partial charge in [-0.15, -0.1) is 0 Å². The van der Waals surface area contributed by atoms with Gasteiger partial charge in [-0.3, -0.25) is 4.98 Å². The van der Waals surface area contributed by atoms with Gasteiger partial charge in [0, 0.05) is 37.4 Å². The highest BCUT2D eigenvalue weighted by Gasteiger charge is 2.09. The average Bonchev–Trinajstić information content (AvgIpc) is 3.02. The van der Waals surface area contributed by atoms with Crippen molar-refractivity contribution in [1.29, 1.82) is 0 Å². The Hall–Kier alpha value is -2.83. The van der Waals surface area contributed by atoms with E-state index in [0.717, 1.165) is 5.56 Å². The molecule has 0 spiro atoms. The largest absolute Gasteiger partial charge is 0.357 e. The molecular formula is C12H11N7. The van der Waals surface area contributed by atoms with E-state index in [4.69, 9.17) is 0 Å². The third-order valence-electron chi connectivity index (χ3n) is 2.48. The Labute approximate surface area is 109 Å². The number of pyridine rings is 1. The van der Waals surface area contributed by atoms with Crippen molar-refractivity contribution in [3.8, 4) is 17.3 Å². The van der Waals surface area contributed by atoms with Crippen LogP contribution in [0.5, 0.6) is 0 Å². The van der Waals surface area contributed by atoms with Gasteiger partial charge in [0.2, 0.25) is 5.95 Å². The first kappa shape index (κ1) is 11.3. The van der Waals surface area contributed by atoms with E-state index < -0.39 is 0 Å². The van der Waals surface area contributed by atoms with Crippen molar-refractivity contribution in [3.63, 3.8) is 0 Å². The van der Waals surface area contributed by atoms with Crippen LogP contribution in [0, 0.1) is 0 Å². The van der Waals surface area contributed by atoms with E-state index in [1.54, 1.807) is 36.5 Å². The summed E-state index contributed by atoms with van der Waals surface area (Å²) < 4.78 is 1.59. The van der Waals surface area contributed by atoms with Gasteiger partial charge in [-0.2, -0.15) is 20.1 Å². The molecular weight excluding hydrogens is 242 g/mol. The topological polar surface area (TPSA) is 81.4 Å². The average molecular weight is 253 g/mol. The van der Waals surface area contributed by atoms with E-state index in [9.17, 15) is 0 Å². The summed E-state index contributed by atoms with van der Waals surface area (Å²) in [6, 6.07) is 5.55. The van der Waals surface area contributed by atoms with Crippen LogP contribution in [0.25, 0.3) is 17.3 Å². The predicted octanol–water partition coefficient (Wildman–Crippen LogP) is 1.16. The number of anilines is 1. The summed E-state index contributed by atoms with van der Waals surface area (Å²) >= 11 is 0. The van der Waals surface area contributed by atoms with Crippen molar-refractivity contribution in [3.05, 3.63) is 43.0 Å². The molecule has 0 aliphatic rings. The molecule has 0 bridgehead atoms. The van der Waals surface area contributed by atoms with Crippen molar-refractivity contribution < 1.29 is 0 Å². The molecule has 0 saturated heterocycles. The van der Waals surface area contributed by atoms with Crippen molar-refractivity contribution in [2.24, 2.45) is 0 Å². The SMILES string of the molecule is CNc1nc(-c2cccnc2)nc(-n2cccn2)n1. The summed E-state index contributed by atoms with van der Waals surface area (Å²) in [5.41, 5.74) is 0.829. The van der Waals surface area contributed by atoms with Gasteiger partial charge in [-0.05, 0) is 18.2 Å². The van der Waals surface area contributed by atoms with E-state index in [1.165, 1.54) is 0 Å². The number of nitrogens with zero attached hydrogens (tertiary/aromatic N) is 6. The molecule has 0 atom stereocenters. The zero-order valence-corrected chi connectivity index (χ0v) is 10.2. The number of rotatable bonds is 3. The Kier molecular flexibility index (Phi) is 2.85. The van der Waals surface area contributed by atoms with Crippen LogP contribution in [-0.2, 0) is 0 Å². The van der Waals surface area contributed by atoms with Gasteiger partial charge < -0.3 is 5.32 Å². The molecule has 3 rings (SSSR count). The Balaban J connectivity index is 2.13. The number of hydrogen-bond donors (Lipinski definition) is 1. The molecule has 7 nitrogen and oxygen atoms in total. The fourth-order valence-corrected chi connectivity index (χ4v) is 1.59. The molecule has 0 saturated carbocycles. The van der Waals surface area contributed by atoms with Gasteiger partial charge in [0.05, 0.1) is 0 Å². The van der Waals surface area contributed by atoms with Crippen molar-refractivity contribution in [2.75, 3.05) is 12.4 Å². The predicted molar refractivity (Wildman–Crippen MR) is 69.7 cm³/mol. The lowest BCUT2D eigenvalue weighted by Gasteiger charge is -2.06. The summed E-state index contributed by atoms with van der Waals surface area (Å²) in [7, 11) is 1.76. The van der Waals surface area contributed by atoms with Crippen LogP contribution in [0.4, 0.5) is 5.95 Å². The van der Waals surface area contributed by atoms with E-state index in [-0.39, 0.29) is 0 Å². The minimum absolute atomic E-state index is 0.461. The maximum Gasteiger partial charge on any atom is 0.255 e. The standard InChI is InChI=1S/C12H11N7/c1-13-11-16-10(9-4-2-5-14-8-9)17-12(18-11)19-7-3-6-15-19/h2-8H,1H3,(H,13,16,17,18). The van der Waals surface area contributed by atoms with Crippen LogP contribution in [0.1, 0.15) is 0 Å². The van der Waals surface area contributed by atoms with Gasteiger partial charge in [0.1, 0.15) is 0 Å². The fourth-order valence-electron chi connectivity index (χ4n) is 1.59. The highest BCUT2D eigenvalue weighted by atomic mass is 15.4. The lowest BCUT2D eigenvalue weighted by molar-refractivity contribution is 0.799. The molecule has 0 aliphatic heterocycles. The molecule has 7 heteroatoms. The summed E-state index contributed by atoms with van der Waals surface area (Å²) in [4.78, 5) is 17.0. The Bertz CT molecular complexity index is 664. The number of hydrogen-bond acceptors (Lipinski definition) is 6. The highest BCUT2D eigenvalue weighted by Crippen LogP contribution is 2.15. The van der Waals surface area contributed by atoms with Crippen LogP contribution in [0.2, 0.25) is 0 Å². The maximum absolute atomic E-state index is 4.39. The number of aromatic nitrogens is 6. The third-order valence-corrected chi connectivity index (χ3v) is 2.48. The quantitative estimate of drug-likeness (QED) is 0.754. The summed E-state index contributed by atoms with van der Waals surface area (Å²) in [6.07, 6.45) is 6.87. The molecule has 19 heavy (non-hydrogen) atoms. The summed E-state index contributed by atoms with van der Waals surface area (Å²) in [6.45, 7) is 0. The molecule has 0 fully saturated rings. The van der Waals surface area contributed by atoms with Crippen LogP contribution in [0.3, 0.4) is 0 Å². The first-order valence-electron chi connectivity index (χ1n) is 5.71. The van der Waals surface area contributed by atoms with Gasteiger partial charge in [0.15, 0.2) is 5.82 Å². The third kappa shape index (κ3) is 2.25. The van der Waals surface area contributed by atoms with Gasteiger partial charge in [0.25, 0.3) is 5.95 Å². The molecule has 3 aromatic rings. The normalized spacial score (nSPS) is 10.4. The van der Waals surface area contributed by atoms with Crippen LogP contribution >= 0.6 is 0 Å². The molecule has 0 radical (unpaired) electrons. The molecule has 94 valence electrons. The van der Waals surface area contributed by atoms with E-state index >= 15 is 0 Å². The minimum Gasteiger partial charge on any atom is -0.357 e. The van der Waals surface area contributed by atoms with E-state index in [0.29, 0.717) is 17.7 Å². The van der Waals surface area contributed by atoms with Crippen molar-refractivity contribution >= 4 is 5.95 Å². The smallest absolute Gasteiger partial charge is 0.255 e. The second kappa shape index (κ2) is 4.81. The minimum atomic E-state index is 0.461. The molecule has 0 unspecified atom stereocenters. The Morgan fingerprint density at radius 1 is 1.11 bits per heavy atom. The first-order valence-corrected chi connectivity index (χ1v) is 5.71. The van der Waals surface area contributed by atoms with Crippen LogP contribution in [-0.4, -0.2) is 36.8 Å². The Morgan fingerprint density at radius 3 is 2.74 bits per heavy atom. The van der Waals surface area contributed by atoms with Gasteiger partial charge in [-0.25, -0.2) is 4.68 Å². The Morgan fingerprint density at radius 2 is 2.05 bits per heavy atom. The monoisotopic (exact) mass is 253 g/mol. The zero-order chi connectivity index (χ0) is 13.1. The molecule has 0 aliphatic carbocycles. The molecule has 0 amide bonds. The summed E-state index contributed by atoms with van der Waals surface area (Å²) in [5, 5.41) is 7.03. The van der Waals surface area contributed by atoms with E-state index in [1.807, 2.05) is 18.2 Å². The van der Waals surface area contributed by atoms with E-state index in [2.05, 4.69) is 30.4 Å². The molecule has 0 aromatic carbocycles. The highest BCUT2D eigenvalue weighted by molar-refractivity contribution is 5.55. The molecule has 3 aromatic heterocycles. The zero-order valence-electron chi connectivity index (χ0n) is 10.2. The van der Waals surface area contributed by atoms with Crippen LogP contribution in [0.15, 0.2) is 43.0 Å². The van der Waals surface area contributed by atoms with Crippen molar-refractivity contribution in [2.45, 2.75) is 0 Å². The van der Waals surface area contributed by atoms with Crippen LogP contribution < -0.4 is 5.32 Å². The second-order valence-electron chi connectivity index (χ2n) is 3.72. The lowest BCUT2D eigenvalue weighted by atomic mass is 10.3. The lowest BCUT2D eigenvalue weighted by Crippen LogP contribution is -2.08. The maximum atomic E-state index is 4.39. The van der Waals surface area contributed by atoms with Crippen molar-refractivity contribution in [1.82, 2.24) is 29.7 Å². The number of nitrogens with one attached hydrogen (secondary N) is 1. The molecule has 1 N–H and O–H groups in total. The van der Waals surface area contributed by atoms with Gasteiger partial charge >= 0.3 is 0 Å². The molecule has 3 heterocycles.